The molecule has 0 spiro atoms. The molecule has 0 amide bonds. The Morgan fingerprint density at radius 3 is 2.57 bits per heavy atom. The second-order valence-electron chi connectivity index (χ2n) is 9.70. The summed E-state index contributed by atoms with van der Waals surface area (Å²) in [5.74, 6) is 2.99. The van der Waals surface area contributed by atoms with E-state index in [9.17, 15) is 10.5 Å². The number of likely N-dealkylation sites (tertiary alicyclic amines) is 1. The monoisotopic (exact) mass is 510 g/mol. The van der Waals surface area contributed by atoms with Gasteiger partial charge in [-0.1, -0.05) is 18.2 Å². The van der Waals surface area contributed by atoms with Crippen molar-refractivity contribution in [2.45, 2.75) is 57.0 Å². The van der Waals surface area contributed by atoms with Gasteiger partial charge in [0.15, 0.2) is 0 Å². The number of piperidine rings is 1. The molecule has 0 unspecified atom stereocenters. The smallest absolute Gasteiger partial charge is 0.238 e. The number of thioether (sulfide) groups is 1. The normalized spacial score (nSPS) is 15.9. The zero-order valence-corrected chi connectivity index (χ0v) is 22.1. The van der Waals surface area contributed by atoms with E-state index in [0.29, 0.717) is 17.4 Å². The van der Waals surface area contributed by atoms with Gasteiger partial charge in [-0.15, -0.1) is 11.8 Å². The van der Waals surface area contributed by atoms with E-state index >= 15 is 0 Å². The van der Waals surface area contributed by atoms with E-state index in [0.717, 1.165) is 89.7 Å². The predicted molar refractivity (Wildman–Crippen MR) is 145 cm³/mol. The van der Waals surface area contributed by atoms with Gasteiger partial charge in [-0.2, -0.15) is 15.5 Å². The molecule has 188 valence electrons. The van der Waals surface area contributed by atoms with Crippen molar-refractivity contribution in [2.24, 2.45) is 0 Å². The summed E-state index contributed by atoms with van der Waals surface area (Å²) in [6, 6.07) is 16.3. The highest BCUT2D eigenvalue weighted by molar-refractivity contribution is 7.99. The molecule has 3 heterocycles. The maximum absolute atomic E-state index is 9.39. The standard InChI is InChI=1S/C29H30N6OS/c1-19-14-21(16-30)15-20(2)26(19)36-28-27-25(8-5-13-37-27)33-29(34-28)32-24-9-11-35(12-10-24)18-23-7-4-3-6-22(23)17-31/h3-4,6-7,14-15,24H,5,8-13,18H2,1-2H3,(H,32,33,34). The number of aromatic nitrogens is 2. The van der Waals surface area contributed by atoms with Crippen LogP contribution in [0.15, 0.2) is 41.3 Å². The maximum Gasteiger partial charge on any atom is 0.238 e. The van der Waals surface area contributed by atoms with Crippen LogP contribution in [0.25, 0.3) is 0 Å². The number of hydrogen-bond acceptors (Lipinski definition) is 8. The Hall–Kier alpha value is -3.59. The fraction of sp³-hybridized carbons (Fsp3) is 0.379. The summed E-state index contributed by atoms with van der Waals surface area (Å²) in [5.41, 5.74) is 5.35. The molecule has 0 aliphatic carbocycles. The highest BCUT2D eigenvalue weighted by Gasteiger charge is 2.24. The van der Waals surface area contributed by atoms with Gasteiger partial charge < -0.3 is 10.1 Å². The topological polar surface area (TPSA) is 97.9 Å². The van der Waals surface area contributed by atoms with Crippen molar-refractivity contribution in [1.29, 1.82) is 10.5 Å². The lowest BCUT2D eigenvalue weighted by molar-refractivity contribution is 0.211. The largest absolute Gasteiger partial charge is 0.437 e. The molecule has 37 heavy (non-hydrogen) atoms. The van der Waals surface area contributed by atoms with Gasteiger partial charge in [-0.3, -0.25) is 4.90 Å². The van der Waals surface area contributed by atoms with Crippen molar-refractivity contribution in [3.05, 3.63) is 69.9 Å². The third-order valence-corrected chi connectivity index (χ3v) is 8.14. The molecule has 2 aliphatic rings. The summed E-state index contributed by atoms with van der Waals surface area (Å²) in [6.07, 6.45) is 3.96. The molecule has 2 aromatic carbocycles. The minimum atomic E-state index is 0.281. The molecule has 0 saturated carbocycles. The number of nitriles is 2. The average molecular weight is 511 g/mol. The lowest BCUT2D eigenvalue weighted by atomic mass is 10.0. The molecular formula is C29H30N6OS. The van der Waals surface area contributed by atoms with Crippen molar-refractivity contribution in [3.63, 3.8) is 0 Å². The van der Waals surface area contributed by atoms with Crippen molar-refractivity contribution in [1.82, 2.24) is 14.9 Å². The maximum atomic E-state index is 9.39. The summed E-state index contributed by atoms with van der Waals surface area (Å²) >= 11 is 1.75. The molecule has 0 atom stereocenters. The van der Waals surface area contributed by atoms with Crippen LogP contribution >= 0.6 is 11.8 Å². The second-order valence-corrected chi connectivity index (χ2v) is 10.8. The van der Waals surface area contributed by atoms with Crippen LogP contribution in [-0.4, -0.2) is 39.8 Å². The minimum Gasteiger partial charge on any atom is -0.437 e. The number of nitrogens with one attached hydrogen (secondary N) is 1. The van der Waals surface area contributed by atoms with Crippen LogP contribution in [0, 0.1) is 36.5 Å². The summed E-state index contributed by atoms with van der Waals surface area (Å²) < 4.78 is 6.42. The molecule has 1 fully saturated rings. The fourth-order valence-electron chi connectivity index (χ4n) is 5.03. The molecule has 0 radical (unpaired) electrons. The molecule has 1 aromatic heterocycles. The van der Waals surface area contributed by atoms with E-state index in [-0.39, 0.29) is 6.04 Å². The molecule has 2 aliphatic heterocycles. The Morgan fingerprint density at radius 2 is 1.84 bits per heavy atom. The van der Waals surface area contributed by atoms with Gasteiger partial charge in [0.25, 0.3) is 0 Å². The Labute approximate surface area is 222 Å². The Kier molecular flexibility index (Phi) is 7.60. The first kappa shape index (κ1) is 25.1. The molecule has 1 N–H and O–H groups in total. The van der Waals surface area contributed by atoms with Gasteiger partial charge in [0.05, 0.1) is 33.9 Å². The van der Waals surface area contributed by atoms with Gasteiger partial charge in [0, 0.05) is 25.7 Å². The number of fused-ring (bicyclic) bond motifs is 1. The van der Waals surface area contributed by atoms with Crippen LogP contribution in [0.3, 0.4) is 0 Å². The van der Waals surface area contributed by atoms with E-state index < -0.39 is 0 Å². The van der Waals surface area contributed by atoms with Gasteiger partial charge in [0.1, 0.15) is 5.75 Å². The number of benzene rings is 2. The number of nitrogens with zero attached hydrogens (tertiary/aromatic N) is 5. The molecule has 1 saturated heterocycles. The Balaban J connectivity index is 1.30. The van der Waals surface area contributed by atoms with Crippen LogP contribution in [0.5, 0.6) is 11.6 Å². The van der Waals surface area contributed by atoms with E-state index in [1.165, 1.54) is 0 Å². The van der Waals surface area contributed by atoms with E-state index in [2.05, 4.69) is 22.4 Å². The van der Waals surface area contributed by atoms with Crippen LogP contribution in [0.1, 0.15) is 52.8 Å². The van der Waals surface area contributed by atoms with Crippen LogP contribution in [0.4, 0.5) is 5.95 Å². The third-order valence-electron chi connectivity index (χ3n) is 6.95. The van der Waals surface area contributed by atoms with E-state index in [1.54, 1.807) is 11.8 Å². The first-order chi connectivity index (χ1) is 18.0. The van der Waals surface area contributed by atoms with Crippen LogP contribution in [-0.2, 0) is 13.0 Å². The molecule has 7 nitrogen and oxygen atoms in total. The number of aryl methyl sites for hydroxylation is 3. The fourth-order valence-corrected chi connectivity index (χ4v) is 6.05. The van der Waals surface area contributed by atoms with Crippen LogP contribution in [0.2, 0.25) is 0 Å². The zero-order chi connectivity index (χ0) is 25.8. The predicted octanol–water partition coefficient (Wildman–Crippen LogP) is 5.74. The highest BCUT2D eigenvalue weighted by Crippen LogP contribution is 2.40. The lowest BCUT2D eigenvalue weighted by Crippen LogP contribution is -2.39. The second kappa shape index (κ2) is 11.2. The average Bonchev–Trinajstić information content (AvgIpc) is 2.92. The molecular weight excluding hydrogens is 480 g/mol. The molecule has 8 heteroatoms. The zero-order valence-electron chi connectivity index (χ0n) is 21.3. The number of anilines is 1. The van der Waals surface area contributed by atoms with E-state index in [1.807, 2.05) is 50.2 Å². The summed E-state index contributed by atoms with van der Waals surface area (Å²) in [7, 11) is 0. The Morgan fingerprint density at radius 1 is 1.08 bits per heavy atom. The van der Waals surface area contributed by atoms with Crippen molar-refractivity contribution >= 4 is 17.7 Å². The summed E-state index contributed by atoms with van der Waals surface area (Å²) in [4.78, 5) is 13.1. The summed E-state index contributed by atoms with van der Waals surface area (Å²) in [6.45, 7) is 6.62. The number of rotatable bonds is 6. The van der Waals surface area contributed by atoms with Crippen molar-refractivity contribution < 1.29 is 4.74 Å². The highest BCUT2D eigenvalue weighted by atomic mass is 32.2. The SMILES string of the molecule is Cc1cc(C#N)cc(C)c1Oc1nc(NC2CCN(Cc3ccccc3C#N)CC2)nc2c1SCCC2. The quantitative estimate of drug-likeness (QED) is 0.448. The summed E-state index contributed by atoms with van der Waals surface area (Å²) in [5, 5.41) is 22.3. The van der Waals surface area contributed by atoms with Crippen LogP contribution < -0.4 is 10.1 Å². The molecule has 5 rings (SSSR count). The first-order valence-corrected chi connectivity index (χ1v) is 13.7. The molecule has 3 aromatic rings. The van der Waals surface area contributed by atoms with Gasteiger partial charge in [0.2, 0.25) is 11.8 Å². The van der Waals surface area contributed by atoms with Crippen molar-refractivity contribution in [3.8, 4) is 23.8 Å². The first-order valence-electron chi connectivity index (χ1n) is 12.7. The Bertz CT molecular complexity index is 1360. The van der Waals surface area contributed by atoms with Gasteiger partial charge in [-0.05, 0) is 80.2 Å². The lowest BCUT2D eigenvalue weighted by Gasteiger charge is -2.32. The van der Waals surface area contributed by atoms with Gasteiger partial charge in [-0.25, -0.2) is 4.98 Å². The molecule has 0 bridgehead atoms. The number of ether oxygens (including phenoxy) is 1. The third kappa shape index (κ3) is 5.72. The van der Waals surface area contributed by atoms with E-state index in [4.69, 9.17) is 14.7 Å². The minimum absolute atomic E-state index is 0.281. The number of hydrogen-bond donors (Lipinski definition) is 1. The van der Waals surface area contributed by atoms with Gasteiger partial charge >= 0.3 is 0 Å². The van der Waals surface area contributed by atoms with Crippen molar-refractivity contribution in [2.75, 3.05) is 24.2 Å².